The molecule has 0 aromatic heterocycles. The smallest absolute Gasteiger partial charge is 0.00168 e. The van der Waals surface area contributed by atoms with Crippen LogP contribution in [0.2, 0.25) is 0 Å². The molecule has 0 atom stereocenters. The fourth-order valence-corrected chi connectivity index (χ4v) is 1.45. The summed E-state index contributed by atoms with van der Waals surface area (Å²) < 4.78 is 0. The molecule has 0 bridgehead atoms. The molecule has 2 nitrogen and oxygen atoms in total. The van der Waals surface area contributed by atoms with Gasteiger partial charge in [0.05, 0.1) is 0 Å². The third-order valence-corrected chi connectivity index (χ3v) is 2.09. The van der Waals surface area contributed by atoms with E-state index >= 15 is 0 Å². The molecule has 0 unspecified atom stereocenters. The Hall–Kier alpha value is 0.270. The number of hydrogen-bond donors (Lipinski definition) is 3. The molecular weight excluding hydrogens is 134 g/mol. The van der Waals surface area contributed by atoms with Crippen LogP contribution < -0.4 is 5.90 Å². The molecule has 1 saturated carbocycles. The molecule has 0 radical (unpaired) electrons. The highest BCUT2D eigenvalue weighted by Gasteiger charge is 2.06. The van der Waals surface area contributed by atoms with E-state index in [9.17, 15) is 0 Å². The lowest BCUT2D eigenvalue weighted by Crippen LogP contribution is -2.03. The van der Waals surface area contributed by atoms with Gasteiger partial charge in [-0.15, -0.1) is 0 Å². The van der Waals surface area contributed by atoms with Crippen LogP contribution in [0.15, 0.2) is 0 Å². The van der Waals surface area contributed by atoms with E-state index in [2.05, 4.69) is 18.5 Å². The second-order valence-electron chi connectivity index (χ2n) is 2.29. The number of rotatable bonds is 0. The molecule has 9 heavy (non-hydrogen) atoms. The van der Waals surface area contributed by atoms with Crippen molar-refractivity contribution in [1.82, 2.24) is 0 Å². The Bertz CT molecular complexity index is 55.0. The van der Waals surface area contributed by atoms with Crippen molar-refractivity contribution in [3.05, 3.63) is 0 Å². The van der Waals surface area contributed by atoms with Crippen molar-refractivity contribution in [2.75, 3.05) is 0 Å². The molecule has 1 fully saturated rings. The van der Waals surface area contributed by atoms with Crippen molar-refractivity contribution in [1.29, 1.82) is 0 Å². The van der Waals surface area contributed by atoms with Gasteiger partial charge in [0.25, 0.3) is 0 Å². The third-order valence-electron chi connectivity index (χ3n) is 1.57. The van der Waals surface area contributed by atoms with E-state index in [1.165, 1.54) is 32.1 Å². The van der Waals surface area contributed by atoms with Gasteiger partial charge in [0.1, 0.15) is 0 Å². The normalized spacial score (nSPS) is 20.3. The third kappa shape index (κ3) is 4.75. The average Bonchev–Trinajstić information content (AvgIpc) is 1.94. The van der Waals surface area contributed by atoms with Gasteiger partial charge in [0.15, 0.2) is 0 Å². The van der Waals surface area contributed by atoms with Gasteiger partial charge >= 0.3 is 0 Å². The Morgan fingerprint density at radius 2 is 1.56 bits per heavy atom. The van der Waals surface area contributed by atoms with E-state index in [1.807, 2.05) is 0 Å². The lowest BCUT2D eigenvalue weighted by molar-refractivity contribution is 0.311. The van der Waals surface area contributed by atoms with Gasteiger partial charge in [-0.25, -0.2) is 5.90 Å². The molecule has 56 valence electrons. The lowest BCUT2D eigenvalue weighted by Gasteiger charge is -2.14. The summed E-state index contributed by atoms with van der Waals surface area (Å²) >= 11 is 4.36. The summed E-state index contributed by atoms with van der Waals surface area (Å²) in [6, 6.07) is 0. The van der Waals surface area contributed by atoms with E-state index in [-0.39, 0.29) is 0 Å². The predicted molar refractivity (Wildman–Crippen MR) is 41.8 cm³/mol. The van der Waals surface area contributed by atoms with Crippen molar-refractivity contribution in [3.8, 4) is 0 Å². The second kappa shape index (κ2) is 6.39. The van der Waals surface area contributed by atoms with E-state index in [1.54, 1.807) is 0 Å². The van der Waals surface area contributed by atoms with Crippen molar-refractivity contribution in [3.63, 3.8) is 0 Å². The summed E-state index contributed by atoms with van der Waals surface area (Å²) in [5.74, 6) is 3.50. The molecule has 0 aromatic carbocycles. The van der Waals surface area contributed by atoms with Crippen LogP contribution in [0, 0.1) is 0 Å². The zero-order chi connectivity index (χ0) is 7.11. The van der Waals surface area contributed by atoms with Gasteiger partial charge in [-0.05, 0) is 12.8 Å². The average molecular weight is 149 g/mol. The van der Waals surface area contributed by atoms with Crippen molar-refractivity contribution in [2.24, 2.45) is 5.90 Å². The van der Waals surface area contributed by atoms with E-state index < -0.39 is 0 Å². The molecule has 0 saturated heterocycles. The molecule has 0 spiro atoms. The molecule has 3 heteroatoms. The summed E-state index contributed by atoms with van der Waals surface area (Å²) in [6.07, 6.45) is 6.96. The van der Waals surface area contributed by atoms with E-state index in [0.29, 0.717) is 0 Å². The van der Waals surface area contributed by atoms with Gasteiger partial charge in [0.2, 0.25) is 0 Å². The van der Waals surface area contributed by atoms with E-state index in [4.69, 9.17) is 5.21 Å². The molecule has 1 aliphatic carbocycles. The summed E-state index contributed by atoms with van der Waals surface area (Å²) in [7, 11) is 0. The quantitative estimate of drug-likeness (QED) is 0.362. The number of thiol groups is 1. The SMILES string of the molecule is NO.SC1CCCCC1. The minimum Gasteiger partial charge on any atom is -0.320 e. The van der Waals surface area contributed by atoms with Gasteiger partial charge < -0.3 is 5.21 Å². The first-order valence-electron chi connectivity index (χ1n) is 3.33. The Balaban J connectivity index is 0.000000291. The summed E-state index contributed by atoms with van der Waals surface area (Å²) in [6.45, 7) is 0. The van der Waals surface area contributed by atoms with Crippen LogP contribution in [-0.4, -0.2) is 10.5 Å². The predicted octanol–water partition coefficient (Wildman–Crippen LogP) is 1.58. The first kappa shape index (κ1) is 9.27. The highest BCUT2D eigenvalue weighted by molar-refractivity contribution is 7.80. The van der Waals surface area contributed by atoms with Crippen molar-refractivity contribution >= 4 is 12.6 Å². The monoisotopic (exact) mass is 149 g/mol. The van der Waals surface area contributed by atoms with Crippen molar-refractivity contribution < 1.29 is 5.21 Å². The lowest BCUT2D eigenvalue weighted by atomic mass is 10.0. The highest BCUT2D eigenvalue weighted by atomic mass is 32.1. The Morgan fingerprint density at radius 3 is 1.78 bits per heavy atom. The van der Waals surface area contributed by atoms with Crippen molar-refractivity contribution in [2.45, 2.75) is 37.4 Å². The summed E-state index contributed by atoms with van der Waals surface area (Å²) in [5, 5.41) is 7.23. The summed E-state index contributed by atoms with van der Waals surface area (Å²) in [5.41, 5.74) is 0. The molecule has 3 N–H and O–H groups in total. The first-order chi connectivity index (χ1) is 4.39. The van der Waals surface area contributed by atoms with Gasteiger partial charge in [-0.3, -0.25) is 0 Å². The Morgan fingerprint density at radius 1 is 1.11 bits per heavy atom. The molecule has 0 aliphatic heterocycles. The van der Waals surface area contributed by atoms with Crippen LogP contribution >= 0.6 is 12.6 Å². The van der Waals surface area contributed by atoms with Crippen LogP contribution in [0.1, 0.15) is 32.1 Å². The van der Waals surface area contributed by atoms with Crippen LogP contribution in [0.4, 0.5) is 0 Å². The first-order valence-corrected chi connectivity index (χ1v) is 3.85. The fraction of sp³-hybridized carbons (Fsp3) is 1.00. The minimum atomic E-state index is 0.730. The van der Waals surface area contributed by atoms with Gasteiger partial charge in [-0.1, -0.05) is 19.3 Å². The maximum absolute atomic E-state index is 6.50. The highest BCUT2D eigenvalue weighted by Crippen LogP contribution is 2.20. The largest absolute Gasteiger partial charge is 0.320 e. The topological polar surface area (TPSA) is 46.2 Å². The zero-order valence-corrected chi connectivity index (χ0v) is 6.48. The van der Waals surface area contributed by atoms with Crippen LogP contribution in [-0.2, 0) is 0 Å². The van der Waals surface area contributed by atoms with Crippen LogP contribution in [0.3, 0.4) is 0 Å². The zero-order valence-electron chi connectivity index (χ0n) is 5.58. The molecular formula is C6H15NOS. The van der Waals surface area contributed by atoms with Gasteiger partial charge in [-0.2, -0.15) is 12.6 Å². The number of hydrogen-bond acceptors (Lipinski definition) is 3. The fourth-order valence-electron chi connectivity index (χ4n) is 1.08. The van der Waals surface area contributed by atoms with E-state index in [0.717, 1.165) is 5.25 Å². The molecule has 1 rings (SSSR count). The maximum Gasteiger partial charge on any atom is 0.00168 e. The minimum absolute atomic E-state index is 0.730. The molecule has 1 aliphatic rings. The standard InChI is InChI=1S/C6H12S.H3NO/c7-6-4-2-1-3-5-6;1-2/h6-7H,1-5H2;2H,1H2. The second-order valence-corrected chi connectivity index (χ2v) is 3.02. The molecule has 0 amide bonds. The van der Waals surface area contributed by atoms with Crippen LogP contribution in [0.25, 0.3) is 0 Å². The number of nitrogens with two attached hydrogens (primary N) is 1. The molecule has 0 heterocycles. The van der Waals surface area contributed by atoms with Gasteiger partial charge in [0, 0.05) is 5.25 Å². The molecule has 0 aromatic rings. The maximum atomic E-state index is 6.50. The van der Waals surface area contributed by atoms with Crippen LogP contribution in [0.5, 0.6) is 0 Å². The summed E-state index contributed by atoms with van der Waals surface area (Å²) in [4.78, 5) is 0. The Kier molecular flexibility index (Phi) is 6.58. The Labute approximate surface area is 61.8 Å².